The molecule has 2 aromatic carbocycles. The van der Waals surface area contributed by atoms with Crippen LogP contribution in [0.25, 0.3) is 0 Å². The minimum Gasteiger partial charge on any atom is -0.482 e. The van der Waals surface area contributed by atoms with Crippen LogP contribution in [0.4, 0.5) is 10.1 Å². The molecule has 0 fully saturated rings. The lowest BCUT2D eigenvalue weighted by molar-refractivity contribution is -0.118. The lowest BCUT2D eigenvalue weighted by Crippen LogP contribution is -2.20. The number of hydrogen-bond donors (Lipinski definition) is 1. The van der Waals surface area contributed by atoms with Crippen LogP contribution in [0.3, 0.4) is 0 Å². The Bertz CT molecular complexity index is 634. The molecule has 104 valence electrons. The molecule has 0 aliphatic heterocycles. The van der Waals surface area contributed by atoms with Crippen LogP contribution in [0, 0.1) is 5.82 Å². The van der Waals surface area contributed by atoms with E-state index in [1.807, 2.05) is 0 Å². The normalized spacial score (nSPS) is 10.2. The van der Waals surface area contributed by atoms with Gasteiger partial charge in [0.25, 0.3) is 5.91 Å². The fraction of sp³-hybridized carbons (Fsp3) is 0.0714. The third-order valence-corrected chi connectivity index (χ3v) is 2.89. The summed E-state index contributed by atoms with van der Waals surface area (Å²) in [5, 5.41) is 3.25. The van der Waals surface area contributed by atoms with Crippen LogP contribution >= 0.6 is 23.2 Å². The Hall–Kier alpha value is -1.78. The number of benzene rings is 2. The SMILES string of the molecule is O=C(COc1ccc(F)cc1Cl)Nc1cccc(Cl)c1. The lowest BCUT2D eigenvalue weighted by Gasteiger charge is -2.09. The highest BCUT2D eigenvalue weighted by Gasteiger charge is 2.07. The van der Waals surface area contributed by atoms with Crippen LogP contribution in [0.15, 0.2) is 42.5 Å². The molecule has 2 aromatic rings. The second-order valence-electron chi connectivity index (χ2n) is 3.92. The summed E-state index contributed by atoms with van der Waals surface area (Å²) in [5.74, 6) is -0.590. The summed E-state index contributed by atoms with van der Waals surface area (Å²) in [7, 11) is 0. The first-order valence-electron chi connectivity index (χ1n) is 5.68. The smallest absolute Gasteiger partial charge is 0.262 e. The minimum atomic E-state index is -0.467. The maximum Gasteiger partial charge on any atom is 0.262 e. The lowest BCUT2D eigenvalue weighted by atomic mass is 10.3. The van der Waals surface area contributed by atoms with Crippen molar-refractivity contribution in [2.24, 2.45) is 0 Å². The van der Waals surface area contributed by atoms with Crippen LogP contribution in [0.2, 0.25) is 10.0 Å². The van der Waals surface area contributed by atoms with Crippen molar-refractivity contribution in [1.82, 2.24) is 0 Å². The highest BCUT2D eigenvalue weighted by Crippen LogP contribution is 2.24. The Kier molecular flexibility index (Phi) is 4.82. The molecule has 0 atom stereocenters. The van der Waals surface area contributed by atoms with E-state index in [-0.39, 0.29) is 23.3 Å². The summed E-state index contributed by atoms with van der Waals surface area (Å²) in [5.41, 5.74) is 0.566. The quantitative estimate of drug-likeness (QED) is 0.920. The molecule has 1 amide bonds. The molecular formula is C14H10Cl2FNO2. The first-order chi connectivity index (χ1) is 9.54. The number of carbonyl (C=O) groups is 1. The molecule has 0 aromatic heterocycles. The second-order valence-corrected chi connectivity index (χ2v) is 4.77. The molecule has 0 saturated carbocycles. The van der Waals surface area contributed by atoms with Gasteiger partial charge in [-0.05, 0) is 36.4 Å². The standard InChI is InChI=1S/C14H10Cl2FNO2/c15-9-2-1-3-11(6-9)18-14(19)8-20-13-5-4-10(17)7-12(13)16/h1-7H,8H2,(H,18,19). The monoisotopic (exact) mass is 313 g/mol. The van der Waals surface area contributed by atoms with Gasteiger partial charge in [-0.3, -0.25) is 4.79 Å². The Morgan fingerprint density at radius 1 is 1.20 bits per heavy atom. The summed E-state index contributed by atoms with van der Waals surface area (Å²) in [6, 6.07) is 10.4. The zero-order valence-electron chi connectivity index (χ0n) is 10.2. The number of anilines is 1. The average Bonchev–Trinajstić information content (AvgIpc) is 2.37. The van der Waals surface area contributed by atoms with Gasteiger partial charge in [0.15, 0.2) is 6.61 Å². The van der Waals surface area contributed by atoms with E-state index in [1.165, 1.54) is 12.1 Å². The molecule has 0 bridgehead atoms. The third-order valence-electron chi connectivity index (χ3n) is 2.36. The third kappa shape index (κ3) is 4.11. The highest BCUT2D eigenvalue weighted by molar-refractivity contribution is 6.32. The summed E-state index contributed by atoms with van der Waals surface area (Å²) >= 11 is 11.6. The van der Waals surface area contributed by atoms with Gasteiger partial charge in [0, 0.05) is 10.7 Å². The van der Waals surface area contributed by atoms with Crippen molar-refractivity contribution in [2.45, 2.75) is 0 Å². The number of halogens is 3. The van der Waals surface area contributed by atoms with Crippen LogP contribution in [-0.4, -0.2) is 12.5 Å². The molecule has 0 heterocycles. The van der Waals surface area contributed by atoms with Gasteiger partial charge in [-0.15, -0.1) is 0 Å². The van der Waals surface area contributed by atoms with Crippen LogP contribution in [0.1, 0.15) is 0 Å². The van der Waals surface area contributed by atoms with Crippen molar-refractivity contribution in [2.75, 3.05) is 11.9 Å². The number of hydrogen-bond acceptors (Lipinski definition) is 2. The van der Waals surface area contributed by atoms with E-state index in [0.717, 1.165) is 6.07 Å². The molecule has 3 nitrogen and oxygen atoms in total. The van der Waals surface area contributed by atoms with Crippen molar-refractivity contribution in [3.8, 4) is 5.75 Å². The van der Waals surface area contributed by atoms with Gasteiger partial charge < -0.3 is 10.1 Å². The fourth-order valence-corrected chi connectivity index (χ4v) is 1.91. The van der Waals surface area contributed by atoms with E-state index in [2.05, 4.69) is 5.32 Å². The van der Waals surface area contributed by atoms with E-state index in [4.69, 9.17) is 27.9 Å². The van der Waals surface area contributed by atoms with Crippen molar-refractivity contribution in [1.29, 1.82) is 0 Å². The van der Waals surface area contributed by atoms with Crippen LogP contribution < -0.4 is 10.1 Å². The van der Waals surface area contributed by atoms with Gasteiger partial charge in [-0.1, -0.05) is 29.3 Å². The van der Waals surface area contributed by atoms with Gasteiger partial charge >= 0.3 is 0 Å². The van der Waals surface area contributed by atoms with Crippen molar-refractivity contribution in [3.05, 3.63) is 58.3 Å². The first kappa shape index (κ1) is 14.6. The van der Waals surface area contributed by atoms with Gasteiger partial charge in [0.1, 0.15) is 11.6 Å². The Balaban J connectivity index is 1.92. The van der Waals surface area contributed by atoms with E-state index in [0.29, 0.717) is 10.7 Å². The zero-order valence-corrected chi connectivity index (χ0v) is 11.7. The number of carbonyl (C=O) groups excluding carboxylic acids is 1. The Morgan fingerprint density at radius 2 is 2.00 bits per heavy atom. The predicted octanol–water partition coefficient (Wildman–Crippen LogP) is 4.15. The molecule has 0 aliphatic rings. The average molecular weight is 314 g/mol. The minimum absolute atomic E-state index is 0.112. The highest BCUT2D eigenvalue weighted by atomic mass is 35.5. The van der Waals surface area contributed by atoms with E-state index >= 15 is 0 Å². The summed E-state index contributed by atoms with van der Waals surface area (Å²) in [4.78, 5) is 11.7. The second kappa shape index (κ2) is 6.59. The number of nitrogens with one attached hydrogen (secondary N) is 1. The molecule has 0 saturated heterocycles. The summed E-state index contributed by atoms with van der Waals surface area (Å²) in [6.45, 7) is -0.238. The van der Waals surface area contributed by atoms with Crippen molar-refractivity contribution >= 4 is 34.8 Å². The zero-order chi connectivity index (χ0) is 14.5. The molecule has 1 N–H and O–H groups in total. The van der Waals surface area contributed by atoms with E-state index < -0.39 is 5.82 Å². The maximum absolute atomic E-state index is 12.8. The molecule has 2 rings (SSSR count). The Labute approximate surface area is 125 Å². The molecule has 20 heavy (non-hydrogen) atoms. The first-order valence-corrected chi connectivity index (χ1v) is 6.43. The molecular weight excluding hydrogens is 304 g/mol. The molecule has 0 spiro atoms. The van der Waals surface area contributed by atoms with E-state index in [9.17, 15) is 9.18 Å². The van der Waals surface area contributed by atoms with Gasteiger partial charge in [0.2, 0.25) is 0 Å². The largest absolute Gasteiger partial charge is 0.482 e. The maximum atomic E-state index is 12.8. The molecule has 6 heteroatoms. The number of ether oxygens (including phenoxy) is 1. The Morgan fingerprint density at radius 3 is 2.70 bits per heavy atom. The van der Waals surface area contributed by atoms with Crippen molar-refractivity contribution in [3.63, 3.8) is 0 Å². The summed E-state index contributed by atoms with van der Waals surface area (Å²) in [6.07, 6.45) is 0. The molecule has 0 aliphatic carbocycles. The predicted molar refractivity (Wildman–Crippen MR) is 77.0 cm³/mol. The van der Waals surface area contributed by atoms with Gasteiger partial charge in [0.05, 0.1) is 5.02 Å². The van der Waals surface area contributed by atoms with Gasteiger partial charge in [-0.2, -0.15) is 0 Å². The number of rotatable bonds is 4. The van der Waals surface area contributed by atoms with Crippen LogP contribution in [0.5, 0.6) is 5.75 Å². The van der Waals surface area contributed by atoms with E-state index in [1.54, 1.807) is 24.3 Å². The number of amides is 1. The topological polar surface area (TPSA) is 38.3 Å². The molecule has 0 unspecified atom stereocenters. The summed E-state index contributed by atoms with van der Waals surface area (Å²) < 4.78 is 18.1. The fourth-order valence-electron chi connectivity index (χ4n) is 1.50. The van der Waals surface area contributed by atoms with Crippen LogP contribution in [-0.2, 0) is 4.79 Å². The van der Waals surface area contributed by atoms with Crippen molar-refractivity contribution < 1.29 is 13.9 Å². The van der Waals surface area contributed by atoms with Gasteiger partial charge in [-0.25, -0.2) is 4.39 Å². The molecule has 0 radical (unpaired) electrons.